The lowest BCUT2D eigenvalue weighted by atomic mass is 10.2. The molecule has 0 aliphatic carbocycles. The molecule has 0 bridgehead atoms. The first-order valence-electron chi connectivity index (χ1n) is 9.82. The first-order valence-corrected chi connectivity index (χ1v) is 10.6. The second-order valence-corrected chi connectivity index (χ2v) is 7.40. The molecule has 0 heterocycles. The summed E-state index contributed by atoms with van der Waals surface area (Å²) in [6.45, 7) is 2.42. The van der Waals surface area contributed by atoms with Crippen LogP contribution in [0, 0.1) is 0 Å². The van der Waals surface area contributed by atoms with Gasteiger partial charge in [-0.3, -0.25) is 4.79 Å². The molecule has 170 valence electrons. The Morgan fingerprint density at radius 1 is 0.939 bits per heavy atom. The van der Waals surface area contributed by atoms with Crippen LogP contribution in [0.25, 0.3) is 0 Å². The van der Waals surface area contributed by atoms with Gasteiger partial charge in [0, 0.05) is 5.56 Å². The fourth-order valence-electron chi connectivity index (χ4n) is 2.73. The summed E-state index contributed by atoms with van der Waals surface area (Å²) in [6.07, 6.45) is 1.43. The summed E-state index contributed by atoms with van der Waals surface area (Å²) in [5, 5.41) is 4.56. The third-order valence-electron chi connectivity index (χ3n) is 4.35. The molecular weight excluding hydrogens is 467 g/mol. The van der Waals surface area contributed by atoms with Crippen molar-refractivity contribution >= 4 is 41.3 Å². The van der Waals surface area contributed by atoms with Gasteiger partial charge < -0.3 is 14.2 Å². The lowest BCUT2D eigenvalue weighted by molar-refractivity contribution is 0.0729. The number of methoxy groups -OCH3 is 1. The first-order chi connectivity index (χ1) is 15.9. The van der Waals surface area contributed by atoms with Crippen LogP contribution in [0.2, 0.25) is 10.0 Å². The molecule has 3 aromatic rings. The zero-order valence-corrected chi connectivity index (χ0v) is 19.3. The normalized spacial score (nSPS) is 10.7. The zero-order valence-electron chi connectivity index (χ0n) is 17.8. The molecule has 7 nitrogen and oxygen atoms in total. The molecule has 0 aliphatic rings. The van der Waals surface area contributed by atoms with Crippen LogP contribution in [0.3, 0.4) is 0 Å². The van der Waals surface area contributed by atoms with Crippen molar-refractivity contribution in [3.8, 4) is 17.2 Å². The van der Waals surface area contributed by atoms with Crippen molar-refractivity contribution in [2.45, 2.75) is 6.92 Å². The Labute approximate surface area is 200 Å². The fraction of sp³-hybridized carbons (Fsp3) is 0.125. The van der Waals surface area contributed by atoms with Crippen molar-refractivity contribution in [2.75, 3.05) is 13.7 Å². The molecule has 0 saturated heterocycles. The Morgan fingerprint density at radius 2 is 1.67 bits per heavy atom. The lowest BCUT2D eigenvalue weighted by Gasteiger charge is -2.10. The average molecular weight is 487 g/mol. The topological polar surface area (TPSA) is 86.2 Å². The quantitative estimate of drug-likeness (QED) is 0.200. The van der Waals surface area contributed by atoms with Crippen LogP contribution >= 0.6 is 23.2 Å². The summed E-state index contributed by atoms with van der Waals surface area (Å²) < 4.78 is 16.1. The Morgan fingerprint density at radius 3 is 2.33 bits per heavy atom. The summed E-state index contributed by atoms with van der Waals surface area (Å²) in [7, 11) is 1.45. The Kier molecular flexibility index (Phi) is 8.29. The highest BCUT2D eigenvalue weighted by molar-refractivity contribution is 6.42. The van der Waals surface area contributed by atoms with E-state index in [0.29, 0.717) is 39.8 Å². The molecule has 0 aromatic heterocycles. The number of carbonyl (C=O) groups is 2. The summed E-state index contributed by atoms with van der Waals surface area (Å²) in [6, 6.07) is 16.0. The minimum Gasteiger partial charge on any atom is -0.494 e. The number of rotatable bonds is 8. The second kappa shape index (κ2) is 11.4. The number of nitrogens with one attached hydrogen (secondary N) is 1. The van der Waals surface area contributed by atoms with Gasteiger partial charge in [0.25, 0.3) is 5.91 Å². The highest BCUT2D eigenvalue weighted by Crippen LogP contribution is 2.28. The maximum Gasteiger partial charge on any atom is 0.343 e. The monoisotopic (exact) mass is 486 g/mol. The Hall–Kier alpha value is -3.55. The number of nitrogens with zero attached hydrogens (tertiary/aromatic N) is 1. The van der Waals surface area contributed by atoms with Crippen molar-refractivity contribution in [1.82, 2.24) is 5.43 Å². The Balaban J connectivity index is 1.65. The molecule has 0 spiro atoms. The van der Waals surface area contributed by atoms with Gasteiger partial charge in [-0.25, -0.2) is 10.2 Å². The predicted molar refractivity (Wildman–Crippen MR) is 127 cm³/mol. The molecule has 1 amide bonds. The molecule has 33 heavy (non-hydrogen) atoms. The smallest absolute Gasteiger partial charge is 0.343 e. The second-order valence-electron chi connectivity index (χ2n) is 6.59. The average Bonchev–Trinajstić information content (AvgIpc) is 2.82. The van der Waals surface area contributed by atoms with E-state index in [9.17, 15) is 9.59 Å². The van der Waals surface area contributed by atoms with Crippen LogP contribution in [-0.4, -0.2) is 31.8 Å². The van der Waals surface area contributed by atoms with Crippen LogP contribution < -0.4 is 19.6 Å². The van der Waals surface area contributed by atoms with Gasteiger partial charge in [-0.15, -0.1) is 0 Å². The number of esters is 1. The highest BCUT2D eigenvalue weighted by Gasteiger charge is 2.13. The van der Waals surface area contributed by atoms with E-state index in [0.717, 1.165) is 0 Å². The van der Waals surface area contributed by atoms with Gasteiger partial charge >= 0.3 is 5.97 Å². The van der Waals surface area contributed by atoms with Crippen LogP contribution in [0.1, 0.15) is 33.2 Å². The molecule has 1 N–H and O–H groups in total. The summed E-state index contributed by atoms with van der Waals surface area (Å²) >= 11 is 11.8. The van der Waals surface area contributed by atoms with Gasteiger partial charge in [0.05, 0.1) is 35.5 Å². The van der Waals surface area contributed by atoms with Gasteiger partial charge in [0.15, 0.2) is 11.5 Å². The molecule has 0 atom stereocenters. The zero-order chi connectivity index (χ0) is 23.8. The summed E-state index contributed by atoms with van der Waals surface area (Å²) in [5.41, 5.74) is 3.71. The highest BCUT2D eigenvalue weighted by atomic mass is 35.5. The third-order valence-corrected chi connectivity index (χ3v) is 5.09. The number of hydrogen-bond donors (Lipinski definition) is 1. The molecule has 3 aromatic carbocycles. The van der Waals surface area contributed by atoms with Crippen molar-refractivity contribution in [3.63, 3.8) is 0 Å². The van der Waals surface area contributed by atoms with Crippen molar-refractivity contribution in [1.29, 1.82) is 0 Å². The van der Waals surface area contributed by atoms with E-state index in [1.54, 1.807) is 42.5 Å². The SMILES string of the molecule is CCOc1ccc(C(=O)Oc2ccc(C=NNC(=O)c3ccc(Cl)c(Cl)c3)cc2OC)cc1. The molecule has 0 aliphatic heterocycles. The lowest BCUT2D eigenvalue weighted by Crippen LogP contribution is -2.17. The minimum absolute atomic E-state index is 0.244. The van der Waals surface area contributed by atoms with Crippen LogP contribution in [-0.2, 0) is 0 Å². The van der Waals surface area contributed by atoms with Crippen molar-refractivity contribution in [3.05, 3.63) is 87.4 Å². The van der Waals surface area contributed by atoms with Gasteiger partial charge in [-0.05, 0) is 73.2 Å². The predicted octanol–water partition coefficient (Wildman–Crippen LogP) is 5.38. The van der Waals surface area contributed by atoms with E-state index in [4.69, 9.17) is 37.4 Å². The standard InChI is InChI=1S/C24H20Cl2N2O5/c1-3-32-18-8-5-16(6-9-18)24(30)33-21-11-4-15(12-22(21)31-2)14-27-28-23(29)17-7-10-19(25)20(26)13-17/h4-14H,3H2,1-2H3,(H,28,29). The van der Waals surface area contributed by atoms with E-state index in [2.05, 4.69) is 10.5 Å². The number of halogens is 2. The van der Waals surface area contributed by atoms with E-state index < -0.39 is 11.9 Å². The molecule has 0 unspecified atom stereocenters. The third kappa shape index (κ3) is 6.47. The minimum atomic E-state index is -0.536. The van der Waals surface area contributed by atoms with Gasteiger partial charge in [0.1, 0.15) is 5.75 Å². The Bertz CT molecular complexity index is 1180. The summed E-state index contributed by atoms with van der Waals surface area (Å²) in [5.74, 6) is 0.258. The molecule has 0 saturated carbocycles. The van der Waals surface area contributed by atoms with E-state index in [-0.39, 0.29) is 10.8 Å². The number of benzene rings is 3. The largest absolute Gasteiger partial charge is 0.494 e. The number of hydrazone groups is 1. The number of ether oxygens (including phenoxy) is 3. The van der Waals surface area contributed by atoms with E-state index in [1.165, 1.54) is 31.5 Å². The van der Waals surface area contributed by atoms with Crippen LogP contribution in [0.15, 0.2) is 65.8 Å². The fourth-order valence-corrected chi connectivity index (χ4v) is 3.03. The van der Waals surface area contributed by atoms with Gasteiger partial charge in [-0.2, -0.15) is 5.10 Å². The molecule has 3 rings (SSSR count). The maximum absolute atomic E-state index is 12.5. The van der Waals surface area contributed by atoms with Crippen molar-refractivity contribution < 1.29 is 23.8 Å². The molecule has 9 heteroatoms. The molecular formula is C24H20Cl2N2O5. The van der Waals surface area contributed by atoms with Gasteiger partial charge in [0.2, 0.25) is 0 Å². The van der Waals surface area contributed by atoms with E-state index in [1.807, 2.05) is 6.92 Å². The van der Waals surface area contributed by atoms with Crippen LogP contribution in [0.5, 0.6) is 17.2 Å². The maximum atomic E-state index is 12.5. The summed E-state index contributed by atoms with van der Waals surface area (Å²) in [4.78, 5) is 24.6. The molecule has 0 fully saturated rings. The number of amides is 1. The van der Waals surface area contributed by atoms with Gasteiger partial charge in [-0.1, -0.05) is 23.2 Å². The number of carbonyl (C=O) groups excluding carboxylic acids is 2. The van der Waals surface area contributed by atoms with Crippen LogP contribution in [0.4, 0.5) is 0 Å². The first kappa shape index (κ1) is 24.1. The van der Waals surface area contributed by atoms with E-state index >= 15 is 0 Å². The number of hydrogen-bond acceptors (Lipinski definition) is 6. The van der Waals surface area contributed by atoms with Crippen molar-refractivity contribution in [2.24, 2.45) is 5.10 Å². The molecule has 0 radical (unpaired) electrons.